The summed E-state index contributed by atoms with van der Waals surface area (Å²) in [4.78, 5) is 35.4. The minimum absolute atomic E-state index is 0.0173. The van der Waals surface area contributed by atoms with Gasteiger partial charge in [-0.15, -0.1) is 0 Å². The van der Waals surface area contributed by atoms with Gasteiger partial charge in [0.1, 0.15) is 6.04 Å². The Kier molecular flexibility index (Phi) is 7.34. The SMILES string of the molecule is CCOC(=O)c1cccc(NC(=O)[C@@H](C)N(c2cccc([N+](=O)[O-])c2)S(C)(=O)=O)c1C. The zero-order valence-electron chi connectivity index (χ0n) is 17.5. The summed E-state index contributed by atoms with van der Waals surface area (Å²) in [6, 6.07) is 8.46. The number of ether oxygens (including phenoxy) is 1. The Hall–Kier alpha value is -3.47. The van der Waals surface area contributed by atoms with Gasteiger partial charge in [-0.2, -0.15) is 0 Å². The molecule has 0 saturated carbocycles. The molecule has 0 aliphatic rings. The molecule has 2 aromatic carbocycles. The third kappa shape index (κ3) is 5.57. The lowest BCUT2D eigenvalue weighted by Crippen LogP contribution is -2.45. The first kappa shape index (κ1) is 23.8. The van der Waals surface area contributed by atoms with Gasteiger partial charge in [-0.3, -0.25) is 19.2 Å². The van der Waals surface area contributed by atoms with Crippen LogP contribution in [0.2, 0.25) is 0 Å². The van der Waals surface area contributed by atoms with E-state index in [-0.39, 0.29) is 23.5 Å². The molecule has 166 valence electrons. The highest BCUT2D eigenvalue weighted by atomic mass is 32.2. The number of anilines is 2. The molecule has 0 aromatic heterocycles. The van der Waals surface area contributed by atoms with Crippen molar-refractivity contribution in [2.45, 2.75) is 26.8 Å². The van der Waals surface area contributed by atoms with E-state index in [2.05, 4.69) is 5.32 Å². The Morgan fingerprint density at radius 3 is 2.45 bits per heavy atom. The molecule has 0 aliphatic heterocycles. The van der Waals surface area contributed by atoms with Crippen molar-refractivity contribution in [3.8, 4) is 0 Å². The number of carbonyl (C=O) groups excluding carboxylic acids is 2. The van der Waals surface area contributed by atoms with Crippen molar-refractivity contribution in [2.24, 2.45) is 0 Å². The Morgan fingerprint density at radius 2 is 1.87 bits per heavy atom. The van der Waals surface area contributed by atoms with Crippen LogP contribution in [0.15, 0.2) is 42.5 Å². The maximum atomic E-state index is 12.9. The number of carbonyl (C=O) groups is 2. The van der Waals surface area contributed by atoms with Gasteiger partial charge in [0.2, 0.25) is 15.9 Å². The van der Waals surface area contributed by atoms with Gasteiger partial charge in [-0.25, -0.2) is 13.2 Å². The molecule has 0 bridgehead atoms. The van der Waals surface area contributed by atoms with Gasteiger partial charge in [0.25, 0.3) is 5.69 Å². The van der Waals surface area contributed by atoms with Crippen LogP contribution >= 0.6 is 0 Å². The summed E-state index contributed by atoms with van der Waals surface area (Å²) in [6.45, 7) is 4.85. The highest BCUT2D eigenvalue weighted by molar-refractivity contribution is 7.92. The first-order valence-corrected chi connectivity index (χ1v) is 11.1. The molecule has 0 fully saturated rings. The standard InChI is InChI=1S/C20H23N3O7S/c1-5-30-20(25)17-10-7-11-18(13(17)2)21-19(24)14(3)22(31(4,28)29)15-8-6-9-16(12-15)23(26)27/h6-12,14H,5H2,1-4H3,(H,21,24)/t14-/m1/s1. The lowest BCUT2D eigenvalue weighted by molar-refractivity contribution is -0.384. The number of nitro benzene ring substituents is 1. The fourth-order valence-corrected chi connectivity index (χ4v) is 4.16. The van der Waals surface area contributed by atoms with Crippen molar-refractivity contribution in [1.29, 1.82) is 0 Å². The number of amides is 1. The normalized spacial score (nSPS) is 12.0. The van der Waals surface area contributed by atoms with Crippen molar-refractivity contribution >= 4 is 39.0 Å². The van der Waals surface area contributed by atoms with Gasteiger partial charge in [0.05, 0.1) is 29.0 Å². The summed E-state index contributed by atoms with van der Waals surface area (Å²) in [7, 11) is -3.96. The quantitative estimate of drug-likeness (QED) is 0.372. The molecule has 0 saturated heterocycles. The Morgan fingerprint density at radius 1 is 1.23 bits per heavy atom. The zero-order chi connectivity index (χ0) is 23.3. The van der Waals surface area contributed by atoms with Crippen LogP contribution in [0.3, 0.4) is 0 Å². The molecule has 0 aliphatic carbocycles. The van der Waals surface area contributed by atoms with E-state index < -0.39 is 32.9 Å². The summed E-state index contributed by atoms with van der Waals surface area (Å²) in [5.74, 6) is -1.22. The predicted molar refractivity (Wildman–Crippen MR) is 116 cm³/mol. The number of rotatable bonds is 8. The van der Waals surface area contributed by atoms with E-state index in [0.717, 1.165) is 16.6 Å². The van der Waals surface area contributed by atoms with Gasteiger partial charge >= 0.3 is 5.97 Å². The Balaban J connectivity index is 2.38. The van der Waals surface area contributed by atoms with Crippen LogP contribution < -0.4 is 9.62 Å². The van der Waals surface area contributed by atoms with Crippen molar-refractivity contribution in [3.05, 3.63) is 63.7 Å². The molecule has 11 heteroatoms. The van der Waals surface area contributed by atoms with Gasteiger partial charge in [0.15, 0.2) is 0 Å². The van der Waals surface area contributed by atoms with Crippen LogP contribution in [-0.4, -0.2) is 44.1 Å². The van der Waals surface area contributed by atoms with E-state index in [1.165, 1.54) is 25.1 Å². The monoisotopic (exact) mass is 449 g/mol. The molecule has 0 radical (unpaired) electrons. The van der Waals surface area contributed by atoms with E-state index in [9.17, 15) is 28.1 Å². The van der Waals surface area contributed by atoms with Crippen LogP contribution in [-0.2, 0) is 19.6 Å². The molecule has 10 nitrogen and oxygen atoms in total. The zero-order valence-corrected chi connectivity index (χ0v) is 18.3. The number of hydrogen-bond donors (Lipinski definition) is 1. The second-order valence-electron chi connectivity index (χ2n) is 6.70. The fourth-order valence-electron chi connectivity index (χ4n) is 2.99. The number of esters is 1. The number of non-ortho nitro benzene ring substituents is 1. The Labute approximate surface area is 180 Å². The summed E-state index contributed by atoms with van der Waals surface area (Å²) >= 11 is 0. The lowest BCUT2D eigenvalue weighted by atomic mass is 10.1. The predicted octanol–water partition coefficient (Wildman–Crippen LogP) is 2.87. The minimum atomic E-state index is -3.96. The smallest absolute Gasteiger partial charge is 0.338 e. The molecule has 1 N–H and O–H groups in total. The van der Waals surface area contributed by atoms with Crippen LogP contribution in [0.4, 0.5) is 17.1 Å². The highest BCUT2D eigenvalue weighted by Crippen LogP contribution is 2.26. The van der Waals surface area contributed by atoms with E-state index in [1.54, 1.807) is 32.0 Å². The number of hydrogen-bond acceptors (Lipinski definition) is 7. The van der Waals surface area contributed by atoms with Gasteiger partial charge in [-0.1, -0.05) is 12.1 Å². The molecule has 1 amide bonds. The average molecular weight is 449 g/mol. The van der Waals surface area contributed by atoms with Crippen LogP contribution in [0, 0.1) is 17.0 Å². The van der Waals surface area contributed by atoms with E-state index >= 15 is 0 Å². The summed E-state index contributed by atoms with van der Waals surface area (Å²) in [5, 5.41) is 13.7. The van der Waals surface area contributed by atoms with Crippen molar-refractivity contribution in [1.82, 2.24) is 0 Å². The second-order valence-corrected chi connectivity index (χ2v) is 8.56. The third-order valence-electron chi connectivity index (χ3n) is 4.47. The minimum Gasteiger partial charge on any atom is -0.462 e. The molecule has 0 unspecified atom stereocenters. The van der Waals surface area contributed by atoms with Crippen molar-refractivity contribution in [3.63, 3.8) is 0 Å². The number of nitro groups is 1. The molecule has 2 aromatic rings. The topological polar surface area (TPSA) is 136 Å². The molecular weight excluding hydrogens is 426 g/mol. The van der Waals surface area contributed by atoms with Crippen molar-refractivity contribution < 1.29 is 27.7 Å². The summed E-state index contributed by atoms with van der Waals surface area (Å²) < 4.78 is 30.6. The van der Waals surface area contributed by atoms with Gasteiger partial charge < -0.3 is 10.1 Å². The van der Waals surface area contributed by atoms with Crippen LogP contribution in [0.5, 0.6) is 0 Å². The fraction of sp³-hybridized carbons (Fsp3) is 0.300. The van der Waals surface area contributed by atoms with E-state index in [1.807, 2.05) is 0 Å². The summed E-state index contributed by atoms with van der Waals surface area (Å²) in [6.07, 6.45) is 0.905. The molecule has 2 rings (SSSR count). The Bertz CT molecular complexity index is 1120. The first-order chi connectivity index (χ1) is 14.5. The average Bonchev–Trinajstić information content (AvgIpc) is 2.68. The van der Waals surface area contributed by atoms with Gasteiger partial charge in [0, 0.05) is 17.8 Å². The van der Waals surface area contributed by atoms with Crippen LogP contribution in [0.1, 0.15) is 29.8 Å². The molecule has 0 spiro atoms. The summed E-state index contributed by atoms with van der Waals surface area (Å²) in [5.41, 5.74) is 0.719. The highest BCUT2D eigenvalue weighted by Gasteiger charge is 2.30. The van der Waals surface area contributed by atoms with E-state index in [4.69, 9.17) is 4.74 Å². The number of nitrogens with zero attached hydrogens (tertiary/aromatic N) is 2. The molecule has 0 heterocycles. The van der Waals surface area contributed by atoms with Crippen LogP contribution in [0.25, 0.3) is 0 Å². The third-order valence-corrected chi connectivity index (χ3v) is 5.71. The maximum Gasteiger partial charge on any atom is 0.338 e. The van der Waals surface area contributed by atoms with Gasteiger partial charge in [-0.05, 0) is 44.5 Å². The number of sulfonamides is 1. The molecule has 31 heavy (non-hydrogen) atoms. The van der Waals surface area contributed by atoms with Crippen molar-refractivity contribution in [2.75, 3.05) is 22.5 Å². The maximum absolute atomic E-state index is 12.9. The molecular formula is C20H23N3O7S. The van der Waals surface area contributed by atoms with E-state index in [0.29, 0.717) is 11.3 Å². The second kappa shape index (κ2) is 9.56. The lowest BCUT2D eigenvalue weighted by Gasteiger charge is -2.28. The first-order valence-electron chi connectivity index (χ1n) is 9.28. The largest absolute Gasteiger partial charge is 0.462 e. The number of nitrogens with one attached hydrogen (secondary N) is 1. The number of benzene rings is 2. The molecule has 1 atom stereocenters.